The van der Waals surface area contributed by atoms with Crippen LogP contribution in [0.25, 0.3) is 10.6 Å². The van der Waals surface area contributed by atoms with E-state index in [1.165, 1.54) is 18.2 Å². The Morgan fingerprint density at radius 3 is 2.96 bits per heavy atom. The van der Waals surface area contributed by atoms with Crippen molar-refractivity contribution in [1.82, 2.24) is 15.3 Å². The molecule has 2 heterocycles. The second kappa shape index (κ2) is 6.93. The molecule has 23 heavy (non-hydrogen) atoms. The fraction of sp³-hybridized carbons (Fsp3) is 0.125. The summed E-state index contributed by atoms with van der Waals surface area (Å²) in [7, 11) is 0. The van der Waals surface area contributed by atoms with Crippen LogP contribution in [0, 0.1) is 5.82 Å². The first-order valence-corrected chi connectivity index (χ1v) is 8.21. The minimum atomic E-state index is -0.629. The van der Waals surface area contributed by atoms with Gasteiger partial charge >= 0.3 is 0 Å². The molecule has 0 radical (unpaired) electrons. The van der Waals surface area contributed by atoms with Gasteiger partial charge in [0.05, 0.1) is 21.8 Å². The average Bonchev–Trinajstić information content (AvgIpc) is 3.17. The molecule has 0 aliphatic heterocycles. The number of benzene rings is 1. The Balaban J connectivity index is 1.65. The van der Waals surface area contributed by atoms with Gasteiger partial charge in [0.1, 0.15) is 11.5 Å². The summed E-state index contributed by atoms with van der Waals surface area (Å²) in [4.78, 5) is 20.5. The molecule has 0 fully saturated rings. The standard InChI is InChI=1S/C16H13ClFN3OS/c17-10-3-1-4-11(18)14(10)16(22)19-7-6-12-15(21-9-20-12)13-5-2-8-23-13/h1-5,8-9H,6-7H2,(H,19,22)(H,20,21). The fourth-order valence-electron chi connectivity index (χ4n) is 2.24. The summed E-state index contributed by atoms with van der Waals surface area (Å²) in [6, 6.07) is 8.11. The molecule has 1 aromatic carbocycles. The molecule has 0 bridgehead atoms. The number of rotatable bonds is 5. The predicted molar refractivity (Wildman–Crippen MR) is 89.3 cm³/mol. The van der Waals surface area contributed by atoms with E-state index in [0.29, 0.717) is 13.0 Å². The SMILES string of the molecule is O=C(NCCc1[nH]cnc1-c1cccs1)c1c(F)cccc1Cl. The summed E-state index contributed by atoms with van der Waals surface area (Å²) in [6.45, 7) is 0.351. The van der Waals surface area contributed by atoms with Crippen LogP contribution in [0.3, 0.4) is 0 Å². The van der Waals surface area contributed by atoms with Gasteiger partial charge in [-0.2, -0.15) is 0 Å². The van der Waals surface area contributed by atoms with E-state index < -0.39 is 11.7 Å². The first-order chi connectivity index (χ1) is 11.2. The first kappa shape index (κ1) is 15.7. The summed E-state index contributed by atoms with van der Waals surface area (Å²) in [5.41, 5.74) is 1.67. The van der Waals surface area contributed by atoms with E-state index >= 15 is 0 Å². The van der Waals surface area contributed by atoms with E-state index in [1.54, 1.807) is 17.7 Å². The Hall–Kier alpha value is -2.18. The Labute approximate surface area is 141 Å². The Kier molecular flexibility index (Phi) is 4.73. The summed E-state index contributed by atoms with van der Waals surface area (Å²) in [6.07, 6.45) is 2.19. The van der Waals surface area contributed by atoms with Crippen molar-refractivity contribution < 1.29 is 9.18 Å². The number of thiophene rings is 1. The quantitative estimate of drug-likeness (QED) is 0.734. The monoisotopic (exact) mass is 349 g/mol. The molecule has 7 heteroatoms. The number of halogens is 2. The fourth-order valence-corrected chi connectivity index (χ4v) is 3.24. The van der Waals surface area contributed by atoms with Crippen LogP contribution in [0.5, 0.6) is 0 Å². The van der Waals surface area contributed by atoms with Crippen molar-refractivity contribution in [1.29, 1.82) is 0 Å². The van der Waals surface area contributed by atoms with Gasteiger partial charge in [-0.25, -0.2) is 9.37 Å². The molecule has 1 amide bonds. The van der Waals surface area contributed by atoms with Gasteiger partial charge in [-0.1, -0.05) is 23.7 Å². The number of hydrogen-bond acceptors (Lipinski definition) is 3. The highest BCUT2D eigenvalue weighted by molar-refractivity contribution is 7.13. The number of carbonyl (C=O) groups is 1. The number of imidazole rings is 1. The topological polar surface area (TPSA) is 57.8 Å². The van der Waals surface area contributed by atoms with Crippen molar-refractivity contribution in [2.45, 2.75) is 6.42 Å². The molecule has 0 aliphatic rings. The highest BCUT2D eigenvalue weighted by Gasteiger charge is 2.16. The van der Waals surface area contributed by atoms with E-state index in [9.17, 15) is 9.18 Å². The van der Waals surface area contributed by atoms with Gasteiger partial charge in [-0.3, -0.25) is 4.79 Å². The van der Waals surface area contributed by atoms with E-state index in [-0.39, 0.29) is 10.6 Å². The highest BCUT2D eigenvalue weighted by Crippen LogP contribution is 2.25. The number of aromatic nitrogens is 2. The largest absolute Gasteiger partial charge is 0.352 e. The van der Waals surface area contributed by atoms with Crippen LogP contribution in [-0.2, 0) is 6.42 Å². The Morgan fingerprint density at radius 2 is 2.22 bits per heavy atom. The van der Waals surface area contributed by atoms with Crippen molar-refractivity contribution in [2.24, 2.45) is 0 Å². The lowest BCUT2D eigenvalue weighted by molar-refractivity contribution is 0.0950. The third-order valence-corrected chi connectivity index (χ3v) is 4.51. The van der Waals surface area contributed by atoms with E-state index in [1.807, 2.05) is 17.5 Å². The highest BCUT2D eigenvalue weighted by atomic mass is 35.5. The lowest BCUT2D eigenvalue weighted by Crippen LogP contribution is -2.27. The van der Waals surface area contributed by atoms with Gasteiger partial charge in [-0.05, 0) is 23.6 Å². The van der Waals surface area contributed by atoms with Crippen LogP contribution in [0.15, 0.2) is 42.0 Å². The minimum Gasteiger partial charge on any atom is -0.352 e. The van der Waals surface area contributed by atoms with Crippen LogP contribution >= 0.6 is 22.9 Å². The molecule has 4 nitrogen and oxygen atoms in total. The first-order valence-electron chi connectivity index (χ1n) is 6.95. The van der Waals surface area contributed by atoms with Gasteiger partial charge < -0.3 is 10.3 Å². The zero-order valence-electron chi connectivity index (χ0n) is 12.0. The number of amides is 1. The number of nitrogens with one attached hydrogen (secondary N) is 2. The van der Waals surface area contributed by atoms with Gasteiger partial charge in [0.15, 0.2) is 0 Å². The Bertz CT molecular complexity index is 796. The maximum atomic E-state index is 13.7. The van der Waals surface area contributed by atoms with Crippen molar-refractivity contribution in [3.63, 3.8) is 0 Å². The molecular weight excluding hydrogens is 337 g/mol. The zero-order valence-corrected chi connectivity index (χ0v) is 13.5. The molecule has 3 aromatic rings. The van der Waals surface area contributed by atoms with Crippen molar-refractivity contribution in [3.8, 4) is 10.6 Å². The van der Waals surface area contributed by atoms with Crippen molar-refractivity contribution >= 4 is 28.8 Å². The van der Waals surface area contributed by atoms with Crippen molar-refractivity contribution in [3.05, 3.63) is 64.1 Å². The smallest absolute Gasteiger partial charge is 0.255 e. The van der Waals surface area contributed by atoms with Gasteiger partial charge in [0, 0.05) is 18.7 Å². The molecule has 0 aliphatic carbocycles. The minimum absolute atomic E-state index is 0.100. The summed E-state index contributed by atoms with van der Waals surface area (Å²) < 4.78 is 13.7. The van der Waals surface area contributed by atoms with E-state index in [0.717, 1.165) is 16.3 Å². The third kappa shape index (κ3) is 3.43. The van der Waals surface area contributed by atoms with E-state index in [2.05, 4.69) is 15.3 Å². The third-order valence-electron chi connectivity index (χ3n) is 3.32. The summed E-state index contributed by atoms with van der Waals surface area (Å²) in [5.74, 6) is -1.15. The van der Waals surface area contributed by atoms with Gasteiger partial charge in [0.2, 0.25) is 0 Å². The lowest BCUT2D eigenvalue weighted by Gasteiger charge is -2.07. The van der Waals surface area contributed by atoms with Crippen LogP contribution in [0.1, 0.15) is 16.1 Å². The van der Waals surface area contributed by atoms with Crippen LogP contribution in [-0.4, -0.2) is 22.4 Å². The molecule has 0 saturated carbocycles. The molecule has 0 saturated heterocycles. The number of nitrogens with zero attached hydrogens (tertiary/aromatic N) is 1. The predicted octanol–water partition coefficient (Wildman–Crippen LogP) is 3.90. The average molecular weight is 350 g/mol. The molecule has 2 N–H and O–H groups in total. The molecule has 0 atom stereocenters. The van der Waals surface area contributed by atoms with E-state index in [4.69, 9.17) is 11.6 Å². The molecule has 0 spiro atoms. The normalized spacial score (nSPS) is 10.7. The Morgan fingerprint density at radius 1 is 1.35 bits per heavy atom. The van der Waals surface area contributed by atoms with Gasteiger partial charge in [-0.15, -0.1) is 11.3 Å². The molecule has 118 valence electrons. The number of H-pyrrole nitrogens is 1. The van der Waals surface area contributed by atoms with Crippen molar-refractivity contribution in [2.75, 3.05) is 6.54 Å². The van der Waals surface area contributed by atoms with Crippen LogP contribution < -0.4 is 5.32 Å². The molecule has 2 aromatic heterocycles. The summed E-state index contributed by atoms with van der Waals surface area (Å²) >= 11 is 7.48. The second-order valence-electron chi connectivity index (χ2n) is 4.81. The summed E-state index contributed by atoms with van der Waals surface area (Å²) in [5, 5.41) is 4.77. The lowest BCUT2D eigenvalue weighted by atomic mass is 10.2. The number of carbonyl (C=O) groups excluding carboxylic acids is 1. The van der Waals surface area contributed by atoms with Gasteiger partial charge in [0.25, 0.3) is 5.91 Å². The number of hydrogen-bond donors (Lipinski definition) is 2. The maximum absolute atomic E-state index is 13.7. The number of aromatic amines is 1. The second-order valence-corrected chi connectivity index (χ2v) is 6.16. The molecular formula is C16H13ClFN3OS. The molecule has 3 rings (SSSR count). The van der Waals surface area contributed by atoms with Crippen LogP contribution in [0.4, 0.5) is 4.39 Å². The zero-order chi connectivity index (χ0) is 16.2. The maximum Gasteiger partial charge on any atom is 0.255 e. The molecule has 0 unspecified atom stereocenters. The van der Waals surface area contributed by atoms with Crippen LogP contribution in [0.2, 0.25) is 5.02 Å².